The number of rotatable bonds is 14. The summed E-state index contributed by atoms with van der Waals surface area (Å²) >= 11 is 0. The first-order valence-electron chi connectivity index (χ1n) is 10.4. The Hall–Kier alpha value is -1.17. The number of esters is 1. The summed E-state index contributed by atoms with van der Waals surface area (Å²) in [4.78, 5) is 11.0. The highest BCUT2D eigenvalue weighted by molar-refractivity contribution is 5.81. The fourth-order valence-electron chi connectivity index (χ4n) is 3.88. The Labute approximate surface area is 164 Å². The maximum Gasteiger partial charge on any atom is 0.330 e. The molecule has 1 aliphatic rings. The van der Waals surface area contributed by atoms with Gasteiger partial charge in [-0.3, -0.25) is 0 Å². The first-order valence-corrected chi connectivity index (χ1v) is 10.4. The summed E-state index contributed by atoms with van der Waals surface area (Å²) in [6, 6.07) is 0. The molecule has 1 aliphatic carbocycles. The second-order valence-electron chi connectivity index (χ2n) is 7.38. The van der Waals surface area contributed by atoms with Gasteiger partial charge in [-0.2, -0.15) is 0 Å². The lowest BCUT2D eigenvalue weighted by molar-refractivity contribution is -0.134. The maximum absolute atomic E-state index is 11.0. The van der Waals surface area contributed by atoms with Crippen LogP contribution in [0, 0.1) is 11.8 Å². The molecule has 5 heteroatoms. The van der Waals surface area contributed by atoms with Gasteiger partial charge in [0.25, 0.3) is 0 Å². The van der Waals surface area contributed by atoms with Gasteiger partial charge in [-0.05, 0) is 44.4 Å². The van der Waals surface area contributed by atoms with E-state index in [4.69, 9.17) is 9.84 Å². The third-order valence-corrected chi connectivity index (χ3v) is 5.45. The summed E-state index contributed by atoms with van der Waals surface area (Å²) in [6.45, 7) is 0.283. The minimum atomic E-state index is -0.314. The van der Waals surface area contributed by atoms with E-state index in [1.54, 1.807) is 7.11 Å². The summed E-state index contributed by atoms with van der Waals surface area (Å²) < 4.78 is 10.2. The number of ether oxygens (including phenoxy) is 2. The summed E-state index contributed by atoms with van der Waals surface area (Å²) in [5.74, 6) is 0.198. The predicted molar refractivity (Wildman–Crippen MR) is 107 cm³/mol. The van der Waals surface area contributed by atoms with E-state index in [0.29, 0.717) is 6.42 Å². The highest BCUT2D eigenvalue weighted by atomic mass is 16.5. The van der Waals surface area contributed by atoms with Gasteiger partial charge in [-0.1, -0.05) is 37.5 Å². The first-order chi connectivity index (χ1) is 13.1. The lowest BCUT2D eigenvalue weighted by Gasteiger charge is -2.22. The number of aliphatic hydroxyl groups is 2. The number of methoxy groups -OCH3 is 2. The SMILES string of the molecule is COC(=O)C=CCCCCC1[C@@H](C=CCCCCCCO)[C@H](OC)C[C@@H]1O. The first kappa shape index (κ1) is 23.9. The highest BCUT2D eigenvalue weighted by Gasteiger charge is 2.40. The van der Waals surface area contributed by atoms with Gasteiger partial charge >= 0.3 is 5.97 Å². The van der Waals surface area contributed by atoms with Crippen molar-refractivity contribution in [1.29, 1.82) is 0 Å². The Morgan fingerprint density at radius 1 is 1.04 bits per heavy atom. The minimum absolute atomic E-state index is 0.0925. The molecule has 0 saturated heterocycles. The molecule has 27 heavy (non-hydrogen) atoms. The van der Waals surface area contributed by atoms with Gasteiger partial charge in [0.15, 0.2) is 0 Å². The molecule has 2 N–H and O–H groups in total. The molecular weight excluding hydrogens is 344 g/mol. The number of hydrogen-bond acceptors (Lipinski definition) is 5. The third-order valence-electron chi connectivity index (χ3n) is 5.45. The van der Waals surface area contributed by atoms with Gasteiger partial charge in [-0.15, -0.1) is 0 Å². The van der Waals surface area contributed by atoms with E-state index >= 15 is 0 Å². The zero-order chi connectivity index (χ0) is 19.9. The van der Waals surface area contributed by atoms with Crippen molar-refractivity contribution in [2.45, 2.75) is 76.4 Å². The second kappa shape index (κ2) is 14.8. The molecule has 0 aromatic heterocycles. The van der Waals surface area contributed by atoms with Crippen LogP contribution in [0.5, 0.6) is 0 Å². The van der Waals surface area contributed by atoms with Crippen molar-refractivity contribution in [1.82, 2.24) is 0 Å². The molecule has 1 saturated carbocycles. The average Bonchev–Trinajstić information content (AvgIpc) is 2.98. The van der Waals surface area contributed by atoms with Crippen LogP contribution in [0.1, 0.15) is 64.2 Å². The smallest absolute Gasteiger partial charge is 0.330 e. The van der Waals surface area contributed by atoms with Gasteiger partial charge in [0.1, 0.15) is 0 Å². The monoisotopic (exact) mass is 382 g/mol. The molecule has 156 valence electrons. The van der Waals surface area contributed by atoms with Crippen molar-refractivity contribution < 1.29 is 24.5 Å². The van der Waals surface area contributed by atoms with Crippen molar-refractivity contribution >= 4 is 5.97 Å². The largest absolute Gasteiger partial charge is 0.466 e. The van der Waals surface area contributed by atoms with Crippen LogP contribution in [0.25, 0.3) is 0 Å². The van der Waals surface area contributed by atoms with Crippen molar-refractivity contribution in [3.8, 4) is 0 Å². The number of carbonyl (C=O) groups excluding carboxylic acids is 1. The summed E-state index contributed by atoms with van der Waals surface area (Å²) in [5, 5.41) is 19.3. The van der Waals surface area contributed by atoms with Crippen LogP contribution in [0.4, 0.5) is 0 Å². The quantitative estimate of drug-likeness (QED) is 0.207. The van der Waals surface area contributed by atoms with Crippen molar-refractivity contribution in [3.05, 3.63) is 24.3 Å². The van der Waals surface area contributed by atoms with E-state index < -0.39 is 0 Å². The van der Waals surface area contributed by atoms with Gasteiger partial charge in [0.05, 0.1) is 19.3 Å². The van der Waals surface area contributed by atoms with Crippen molar-refractivity contribution in [3.63, 3.8) is 0 Å². The molecule has 4 atom stereocenters. The van der Waals surface area contributed by atoms with Crippen LogP contribution >= 0.6 is 0 Å². The van der Waals surface area contributed by atoms with Crippen LogP contribution in [0.3, 0.4) is 0 Å². The number of carbonyl (C=O) groups is 1. The fourth-order valence-corrected chi connectivity index (χ4v) is 3.88. The standard InChI is InChI=1S/C22H38O5/c1-26-21-17-20(24)18(13-9-6-7-11-15-22(25)27-2)19(21)14-10-5-3-4-8-12-16-23/h10-11,14-15,18-21,23-24H,3-9,12-13,16-17H2,1-2H3/t18?,19-,20+,21-/m1/s1. The van der Waals surface area contributed by atoms with Gasteiger partial charge in [0.2, 0.25) is 0 Å². The Kier molecular flexibility index (Phi) is 13.1. The number of hydrogen-bond donors (Lipinski definition) is 2. The van der Waals surface area contributed by atoms with E-state index in [2.05, 4.69) is 16.9 Å². The summed E-state index contributed by atoms with van der Waals surface area (Å²) in [7, 11) is 3.11. The molecule has 0 bridgehead atoms. The molecule has 1 rings (SSSR count). The minimum Gasteiger partial charge on any atom is -0.466 e. The Morgan fingerprint density at radius 2 is 1.74 bits per heavy atom. The predicted octanol–water partition coefficient (Wildman–Crippen LogP) is 3.79. The molecule has 0 aliphatic heterocycles. The summed E-state index contributed by atoms with van der Waals surface area (Å²) in [6.07, 6.45) is 17.4. The van der Waals surface area contributed by atoms with Crippen LogP contribution in [-0.4, -0.2) is 49.2 Å². The molecule has 0 amide bonds. The van der Waals surface area contributed by atoms with E-state index in [-0.39, 0.29) is 36.6 Å². The molecule has 0 aromatic carbocycles. The normalized spacial score (nSPS) is 25.6. The molecule has 0 radical (unpaired) electrons. The van der Waals surface area contributed by atoms with E-state index in [9.17, 15) is 9.90 Å². The van der Waals surface area contributed by atoms with Gasteiger partial charge in [0, 0.05) is 32.1 Å². The van der Waals surface area contributed by atoms with E-state index in [1.807, 2.05) is 6.08 Å². The van der Waals surface area contributed by atoms with Crippen molar-refractivity contribution in [2.75, 3.05) is 20.8 Å². The highest BCUT2D eigenvalue weighted by Crippen LogP contribution is 2.38. The van der Waals surface area contributed by atoms with Crippen LogP contribution < -0.4 is 0 Å². The molecule has 0 spiro atoms. The Balaban J connectivity index is 2.38. The molecule has 0 aromatic rings. The topological polar surface area (TPSA) is 76.0 Å². The van der Waals surface area contributed by atoms with Crippen molar-refractivity contribution in [2.24, 2.45) is 11.8 Å². The molecular formula is C22H38O5. The van der Waals surface area contributed by atoms with E-state index in [1.165, 1.54) is 13.2 Å². The lowest BCUT2D eigenvalue weighted by Crippen LogP contribution is -2.21. The lowest BCUT2D eigenvalue weighted by atomic mass is 9.88. The molecule has 1 fully saturated rings. The zero-order valence-electron chi connectivity index (χ0n) is 17.0. The van der Waals surface area contributed by atoms with Crippen LogP contribution in [-0.2, 0) is 14.3 Å². The van der Waals surface area contributed by atoms with Crippen LogP contribution in [0.15, 0.2) is 24.3 Å². The maximum atomic E-state index is 11.0. The Bertz CT molecular complexity index is 446. The average molecular weight is 383 g/mol. The Morgan fingerprint density at radius 3 is 2.44 bits per heavy atom. The van der Waals surface area contributed by atoms with Gasteiger partial charge in [-0.25, -0.2) is 4.79 Å². The third kappa shape index (κ3) is 9.54. The summed E-state index contributed by atoms with van der Waals surface area (Å²) in [5.41, 5.74) is 0. The number of unbranched alkanes of at least 4 members (excludes halogenated alkanes) is 6. The van der Waals surface area contributed by atoms with Gasteiger partial charge < -0.3 is 19.7 Å². The van der Waals surface area contributed by atoms with E-state index in [0.717, 1.165) is 57.8 Å². The molecule has 1 unspecified atom stereocenters. The number of aliphatic hydroxyl groups excluding tert-OH is 2. The van der Waals surface area contributed by atoms with Crippen LogP contribution in [0.2, 0.25) is 0 Å². The second-order valence-corrected chi connectivity index (χ2v) is 7.38. The zero-order valence-corrected chi connectivity index (χ0v) is 17.0. The molecule has 0 heterocycles. The molecule has 5 nitrogen and oxygen atoms in total. The number of allylic oxidation sites excluding steroid dienone is 2. The fraction of sp³-hybridized carbons (Fsp3) is 0.773.